The van der Waals surface area contributed by atoms with Gasteiger partial charge in [-0.25, -0.2) is 9.97 Å². The van der Waals surface area contributed by atoms with Gasteiger partial charge in [-0.15, -0.1) is 0 Å². The van der Waals surface area contributed by atoms with Crippen LogP contribution < -0.4 is 5.32 Å². The predicted octanol–water partition coefficient (Wildman–Crippen LogP) is 3.16. The van der Waals surface area contributed by atoms with Crippen LogP contribution in [0.5, 0.6) is 0 Å². The Kier molecular flexibility index (Phi) is 5.18. The Morgan fingerprint density at radius 3 is 2.67 bits per heavy atom. The summed E-state index contributed by atoms with van der Waals surface area (Å²) >= 11 is 0. The zero-order chi connectivity index (χ0) is 16.8. The number of pyridine rings is 1. The molecule has 1 N–H and O–H groups in total. The molecule has 6 nitrogen and oxygen atoms in total. The van der Waals surface area contributed by atoms with E-state index in [9.17, 15) is 0 Å². The molecule has 0 spiro atoms. The molecule has 0 radical (unpaired) electrons. The maximum Gasteiger partial charge on any atom is 0.223 e. The first kappa shape index (κ1) is 16.1. The highest BCUT2D eigenvalue weighted by atomic mass is 16.3. The van der Waals surface area contributed by atoms with Gasteiger partial charge >= 0.3 is 0 Å². The number of hydrogen-bond donors (Lipinski definition) is 1. The Morgan fingerprint density at radius 1 is 1.12 bits per heavy atom. The Hall–Kier alpha value is -2.73. The second kappa shape index (κ2) is 7.70. The van der Waals surface area contributed by atoms with Gasteiger partial charge in [0, 0.05) is 36.3 Å². The van der Waals surface area contributed by atoms with Crippen LogP contribution in [0.1, 0.15) is 6.42 Å². The Balaban J connectivity index is 1.85. The molecule has 124 valence electrons. The maximum atomic E-state index is 5.23. The molecule has 3 aromatic rings. The third kappa shape index (κ3) is 3.97. The Morgan fingerprint density at radius 2 is 1.96 bits per heavy atom. The third-order valence-corrected chi connectivity index (χ3v) is 3.64. The van der Waals surface area contributed by atoms with Gasteiger partial charge in [0.05, 0.1) is 18.2 Å². The molecule has 3 rings (SSSR count). The number of nitrogens with one attached hydrogen (secondary N) is 1. The van der Waals surface area contributed by atoms with Crippen LogP contribution in [0.25, 0.3) is 22.4 Å². The van der Waals surface area contributed by atoms with Crippen LogP contribution in [0.3, 0.4) is 0 Å². The van der Waals surface area contributed by atoms with Crippen molar-refractivity contribution < 1.29 is 4.42 Å². The van der Waals surface area contributed by atoms with Crippen molar-refractivity contribution in [2.45, 2.75) is 6.42 Å². The van der Waals surface area contributed by atoms with Crippen molar-refractivity contribution in [3.63, 3.8) is 0 Å². The minimum atomic E-state index is 0.628. The molecule has 0 aliphatic heterocycles. The molecule has 0 saturated carbocycles. The molecule has 0 atom stereocenters. The van der Waals surface area contributed by atoms with Crippen LogP contribution in [0.2, 0.25) is 0 Å². The van der Waals surface area contributed by atoms with Crippen molar-refractivity contribution >= 4 is 5.95 Å². The molecule has 0 aromatic carbocycles. The summed E-state index contributed by atoms with van der Waals surface area (Å²) in [6, 6.07) is 5.81. The molecule has 6 heteroatoms. The standard InChI is InChI=1S/C18H21N5O/c1-23(2)10-3-7-20-18-21-12-16(14-4-8-19-9-5-14)17(22-18)15-6-11-24-13-15/h4-6,8-9,11-13H,3,7,10H2,1-2H3,(H,20,21,22). The lowest BCUT2D eigenvalue weighted by Crippen LogP contribution is -2.17. The van der Waals surface area contributed by atoms with E-state index in [1.54, 1.807) is 24.9 Å². The van der Waals surface area contributed by atoms with Gasteiger partial charge < -0.3 is 14.6 Å². The summed E-state index contributed by atoms with van der Waals surface area (Å²) < 4.78 is 5.23. The summed E-state index contributed by atoms with van der Waals surface area (Å²) in [6.45, 7) is 1.86. The van der Waals surface area contributed by atoms with E-state index >= 15 is 0 Å². The molecule has 3 heterocycles. The van der Waals surface area contributed by atoms with Crippen molar-refractivity contribution in [1.82, 2.24) is 19.9 Å². The Bertz CT molecular complexity index is 756. The summed E-state index contributed by atoms with van der Waals surface area (Å²) in [5.41, 5.74) is 3.76. The number of aromatic nitrogens is 3. The van der Waals surface area contributed by atoms with E-state index < -0.39 is 0 Å². The molecule has 0 unspecified atom stereocenters. The highest BCUT2D eigenvalue weighted by Crippen LogP contribution is 2.30. The largest absolute Gasteiger partial charge is 0.472 e. The lowest BCUT2D eigenvalue weighted by atomic mass is 10.0. The average Bonchev–Trinajstić information content (AvgIpc) is 3.14. The zero-order valence-corrected chi connectivity index (χ0v) is 13.9. The molecule has 24 heavy (non-hydrogen) atoms. The fourth-order valence-corrected chi connectivity index (χ4v) is 2.42. The first-order chi connectivity index (χ1) is 11.7. The normalized spacial score (nSPS) is 11.0. The van der Waals surface area contributed by atoms with Gasteiger partial charge in [0.2, 0.25) is 5.95 Å². The van der Waals surface area contributed by atoms with E-state index in [0.29, 0.717) is 5.95 Å². The van der Waals surface area contributed by atoms with Crippen LogP contribution in [0, 0.1) is 0 Å². The quantitative estimate of drug-likeness (QED) is 0.674. The van der Waals surface area contributed by atoms with E-state index in [4.69, 9.17) is 9.40 Å². The zero-order valence-electron chi connectivity index (χ0n) is 13.9. The number of rotatable bonds is 7. The van der Waals surface area contributed by atoms with Crippen LogP contribution in [-0.2, 0) is 0 Å². The highest BCUT2D eigenvalue weighted by Gasteiger charge is 2.12. The number of hydrogen-bond acceptors (Lipinski definition) is 6. The smallest absolute Gasteiger partial charge is 0.223 e. The molecule has 3 aromatic heterocycles. The van der Waals surface area contributed by atoms with Crippen LogP contribution in [-0.4, -0.2) is 47.0 Å². The van der Waals surface area contributed by atoms with E-state index in [0.717, 1.165) is 41.9 Å². The molecule has 0 saturated heterocycles. The van der Waals surface area contributed by atoms with Gasteiger partial charge in [-0.3, -0.25) is 4.98 Å². The monoisotopic (exact) mass is 323 g/mol. The van der Waals surface area contributed by atoms with Crippen molar-refractivity contribution in [2.24, 2.45) is 0 Å². The van der Waals surface area contributed by atoms with Crippen LogP contribution in [0.15, 0.2) is 53.7 Å². The summed E-state index contributed by atoms with van der Waals surface area (Å²) in [5.74, 6) is 0.628. The van der Waals surface area contributed by atoms with Gasteiger partial charge in [0.25, 0.3) is 0 Å². The van der Waals surface area contributed by atoms with Crippen molar-refractivity contribution in [2.75, 3.05) is 32.5 Å². The minimum Gasteiger partial charge on any atom is -0.472 e. The molecular weight excluding hydrogens is 302 g/mol. The first-order valence-electron chi connectivity index (χ1n) is 7.92. The molecule has 0 aliphatic carbocycles. The predicted molar refractivity (Wildman–Crippen MR) is 94.6 cm³/mol. The van der Waals surface area contributed by atoms with Crippen molar-refractivity contribution in [1.29, 1.82) is 0 Å². The van der Waals surface area contributed by atoms with E-state index in [-0.39, 0.29) is 0 Å². The van der Waals surface area contributed by atoms with Gasteiger partial charge in [0.15, 0.2) is 0 Å². The second-order valence-electron chi connectivity index (χ2n) is 5.79. The highest BCUT2D eigenvalue weighted by molar-refractivity contribution is 5.80. The lowest BCUT2D eigenvalue weighted by molar-refractivity contribution is 0.405. The Labute approximate surface area is 141 Å². The lowest BCUT2D eigenvalue weighted by Gasteiger charge is -2.12. The molecule has 0 bridgehead atoms. The van der Waals surface area contributed by atoms with Gasteiger partial charge in [-0.1, -0.05) is 0 Å². The molecule has 0 fully saturated rings. The van der Waals surface area contributed by atoms with Crippen LogP contribution >= 0.6 is 0 Å². The van der Waals surface area contributed by atoms with E-state index in [2.05, 4.69) is 34.3 Å². The average molecular weight is 323 g/mol. The van der Waals surface area contributed by atoms with Crippen LogP contribution in [0.4, 0.5) is 5.95 Å². The molecule has 0 amide bonds. The van der Waals surface area contributed by atoms with Gasteiger partial charge in [0.1, 0.15) is 0 Å². The van der Waals surface area contributed by atoms with E-state index in [1.165, 1.54) is 0 Å². The van der Waals surface area contributed by atoms with Gasteiger partial charge in [-0.2, -0.15) is 0 Å². The third-order valence-electron chi connectivity index (χ3n) is 3.64. The van der Waals surface area contributed by atoms with Gasteiger partial charge in [-0.05, 0) is 50.8 Å². The molecule has 0 aliphatic rings. The number of furan rings is 1. The first-order valence-corrected chi connectivity index (χ1v) is 7.92. The summed E-state index contributed by atoms with van der Waals surface area (Å²) in [4.78, 5) is 15.4. The maximum absolute atomic E-state index is 5.23. The fraction of sp³-hybridized carbons (Fsp3) is 0.278. The van der Waals surface area contributed by atoms with E-state index in [1.807, 2.05) is 24.4 Å². The van der Waals surface area contributed by atoms with Crippen molar-refractivity contribution in [3.05, 3.63) is 49.3 Å². The summed E-state index contributed by atoms with van der Waals surface area (Å²) in [6.07, 6.45) is 9.76. The fourth-order valence-electron chi connectivity index (χ4n) is 2.42. The summed E-state index contributed by atoms with van der Waals surface area (Å²) in [7, 11) is 4.13. The SMILES string of the molecule is CN(C)CCCNc1ncc(-c2ccncc2)c(-c2ccoc2)n1. The topological polar surface area (TPSA) is 67.1 Å². The molecular formula is C18H21N5O. The number of nitrogens with zero attached hydrogens (tertiary/aromatic N) is 4. The minimum absolute atomic E-state index is 0.628. The second-order valence-corrected chi connectivity index (χ2v) is 5.79. The summed E-state index contributed by atoms with van der Waals surface area (Å²) in [5, 5.41) is 3.29. The number of anilines is 1. The van der Waals surface area contributed by atoms with Crippen molar-refractivity contribution in [3.8, 4) is 22.4 Å².